The van der Waals surface area contributed by atoms with E-state index in [1.54, 1.807) is 24.3 Å². The number of ether oxygens (including phenoxy) is 2. The molecule has 31 heavy (non-hydrogen) atoms. The van der Waals surface area contributed by atoms with E-state index in [4.69, 9.17) is 13.9 Å². The number of fused-ring (bicyclic) bond motifs is 1. The second-order valence-electron chi connectivity index (χ2n) is 6.89. The summed E-state index contributed by atoms with van der Waals surface area (Å²) in [6.07, 6.45) is -3.49. The molecule has 0 fully saturated rings. The molecular formula is C20H19F3N4O4. The molecule has 4 rings (SSSR count). The van der Waals surface area contributed by atoms with Gasteiger partial charge in [0, 0.05) is 18.6 Å². The molecule has 2 atom stereocenters. The monoisotopic (exact) mass is 436 g/mol. The van der Waals surface area contributed by atoms with Gasteiger partial charge in [0.05, 0.1) is 32.2 Å². The molecule has 1 aliphatic heterocycles. The Kier molecular flexibility index (Phi) is 5.25. The second kappa shape index (κ2) is 7.89. The van der Waals surface area contributed by atoms with Crippen molar-refractivity contribution in [3.63, 3.8) is 0 Å². The van der Waals surface area contributed by atoms with Crippen LogP contribution in [0.4, 0.5) is 24.7 Å². The number of carbonyl (C=O) groups is 1. The maximum atomic E-state index is 13.7. The van der Waals surface area contributed by atoms with Crippen LogP contribution in [-0.2, 0) is 0 Å². The number of carbonyl (C=O) groups excluding carboxylic acids is 1. The van der Waals surface area contributed by atoms with Crippen molar-refractivity contribution in [3.05, 3.63) is 54.1 Å². The number of furan rings is 1. The van der Waals surface area contributed by atoms with Crippen molar-refractivity contribution >= 4 is 17.4 Å². The summed E-state index contributed by atoms with van der Waals surface area (Å²) < 4.78 is 57.6. The molecular weight excluding hydrogens is 417 g/mol. The lowest BCUT2D eigenvalue weighted by Gasteiger charge is -2.32. The van der Waals surface area contributed by atoms with E-state index in [1.165, 1.54) is 32.6 Å². The highest BCUT2D eigenvalue weighted by Gasteiger charge is 2.47. The Bertz CT molecular complexity index is 1080. The minimum atomic E-state index is -4.56. The van der Waals surface area contributed by atoms with Crippen LogP contribution in [0.1, 0.15) is 34.8 Å². The van der Waals surface area contributed by atoms with Gasteiger partial charge >= 0.3 is 6.18 Å². The molecule has 164 valence electrons. The highest BCUT2D eigenvalue weighted by Crippen LogP contribution is 2.43. The van der Waals surface area contributed by atoms with Crippen LogP contribution in [0.15, 0.2) is 47.1 Å². The van der Waals surface area contributed by atoms with Crippen molar-refractivity contribution in [2.45, 2.75) is 24.7 Å². The normalized spacial score (nSPS) is 18.1. The highest BCUT2D eigenvalue weighted by molar-refractivity contribution is 6.04. The van der Waals surface area contributed by atoms with Gasteiger partial charge in [0.25, 0.3) is 5.91 Å². The van der Waals surface area contributed by atoms with Gasteiger partial charge in [0.2, 0.25) is 0 Å². The van der Waals surface area contributed by atoms with E-state index < -0.39 is 24.2 Å². The quantitative estimate of drug-likeness (QED) is 0.616. The predicted molar refractivity (Wildman–Crippen MR) is 105 cm³/mol. The number of nitrogens with one attached hydrogen (secondary N) is 2. The van der Waals surface area contributed by atoms with Gasteiger partial charge in [-0.2, -0.15) is 18.3 Å². The van der Waals surface area contributed by atoms with E-state index in [-0.39, 0.29) is 17.9 Å². The average Bonchev–Trinajstić information content (AvgIpc) is 3.42. The first-order valence-electron chi connectivity index (χ1n) is 9.29. The zero-order chi connectivity index (χ0) is 22.2. The van der Waals surface area contributed by atoms with E-state index in [2.05, 4.69) is 15.7 Å². The molecule has 0 radical (unpaired) electrons. The fourth-order valence-corrected chi connectivity index (χ4v) is 3.46. The smallest absolute Gasteiger partial charge is 0.410 e. The first-order valence-corrected chi connectivity index (χ1v) is 9.29. The Morgan fingerprint density at radius 1 is 1.26 bits per heavy atom. The third-order valence-electron chi connectivity index (χ3n) is 4.96. The van der Waals surface area contributed by atoms with E-state index in [9.17, 15) is 18.0 Å². The number of hydrogen-bond acceptors (Lipinski definition) is 6. The lowest BCUT2D eigenvalue weighted by atomic mass is 10.0. The predicted octanol–water partition coefficient (Wildman–Crippen LogP) is 4.41. The van der Waals surface area contributed by atoms with Crippen LogP contribution in [0, 0.1) is 0 Å². The van der Waals surface area contributed by atoms with Gasteiger partial charge in [-0.05, 0) is 24.3 Å². The molecule has 0 saturated heterocycles. The Hall–Kier alpha value is -3.63. The largest absolute Gasteiger partial charge is 0.497 e. The number of methoxy groups -OCH3 is 2. The molecule has 3 aromatic rings. The van der Waals surface area contributed by atoms with Crippen LogP contribution in [0.3, 0.4) is 0 Å². The fourth-order valence-electron chi connectivity index (χ4n) is 3.46. The molecule has 0 spiro atoms. The van der Waals surface area contributed by atoms with Crippen molar-refractivity contribution < 1.29 is 31.9 Å². The zero-order valence-corrected chi connectivity index (χ0v) is 16.6. The lowest BCUT2D eigenvalue weighted by Crippen LogP contribution is -2.35. The standard InChI is InChI=1S/C20H19F3N4O4/c1-29-11-5-6-15(30-2)12(8-11)25-19(28)14-10-18-24-13(16-4-3-7-31-16)9-17(20(21,22)23)27(18)26-14/h3-8,10,13,17,24H,9H2,1-2H3,(H,25,28)/t13-,17-/m1/s1. The first kappa shape index (κ1) is 20.6. The van der Waals surface area contributed by atoms with Crippen LogP contribution in [0.5, 0.6) is 11.5 Å². The first-order chi connectivity index (χ1) is 14.8. The Morgan fingerprint density at radius 3 is 2.71 bits per heavy atom. The summed E-state index contributed by atoms with van der Waals surface area (Å²) in [6, 6.07) is 6.64. The van der Waals surface area contributed by atoms with Crippen LogP contribution >= 0.6 is 0 Å². The van der Waals surface area contributed by atoms with Gasteiger partial charge in [0.15, 0.2) is 11.7 Å². The number of halogens is 3. The SMILES string of the molecule is COc1ccc(OC)c(NC(=O)c2cc3n(n2)[C@@H](C(F)(F)F)C[C@H](c2ccco2)N3)c1. The number of hydrogen-bond donors (Lipinski definition) is 2. The van der Waals surface area contributed by atoms with Gasteiger partial charge in [-0.25, -0.2) is 4.68 Å². The van der Waals surface area contributed by atoms with Crippen molar-refractivity contribution in [2.75, 3.05) is 24.9 Å². The molecule has 1 amide bonds. The lowest BCUT2D eigenvalue weighted by molar-refractivity contribution is -0.174. The number of anilines is 2. The van der Waals surface area contributed by atoms with Crippen LogP contribution in [-0.4, -0.2) is 36.1 Å². The van der Waals surface area contributed by atoms with Crippen molar-refractivity contribution in [2.24, 2.45) is 0 Å². The van der Waals surface area contributed by atoms with Crippen molar-refractivity contribution in [1.29, 1.82) is 0 Å². The number of nitrogens with zero attached hydrogens (tertiary/aromatic N) is 2. The third-order valence-corrected chi connectivity index (χ3v) is 4.96. The zero-order valence-electron chi connectivity index (χ0n) is 16.6. The van der Waals surface area contributed by atoms with Gasteiger partial charge < -0.3 is 24.5 Å². The molecule has 0 saturated carbocycles. The summed E-state index contributed by atoms with van der Waals surface area (Å²) in [5, 5.41) is 9.50. The molecule has 11 heteroatoms. The maximum Gasteiger partial charge on any atom is 0.410 e. The van der Waals surface area contributed by atoms with Crippen molar-refractivity contribution in [1.82, 2.24) is 9.78 Å². The Balaban J connectivity index is 1.64. The molecule has 2 N–H and O–H groups in total. The summed E-state index contributed by atoms with van der Waals surface area (Å²) in [7, 11) is 2.90. The molecule has 3 heterocycles. The maximum absolute atomic E-state index is 13.7. The third kappa shape index (κ3) is 4.03. The number of amides is 1. The summed E-state index contributed by atoms with van der Waals surface area (Å²) in [4.78, 5) is 12.8. The highest BCUT2D eigenvalue weighted by atomic mass is 19.4. The van der Waals surface area contributed by atoms with Crippen LogP contribution < -0.4 is 20.1 Å². The van der Waals surface area contributed by atoms with E-state index in [0.717, 1.165) is 4.68 Å². The topological polar surface area (TPSA) is 90.5 Å². The molecule has 2 aromatic heterocycles. The van der Waals surface area contributed by atoms with Gasteiger partial charge in [-0.15, -0.1) is 0 Å². The van der Waals surface area contributed by atoms with E-state index in [1.807, 2.05) is 0 Å². The number of aromatic nitrogens is 2. The fraction of sp³-hybridized carbons (Fsp3) is 0.300. The van der Waals surface area contributed by atoms with E-state index in [0.29, 0.717) is 22.9 Å². The second-order valence-corrected chi connectivity index (χ2v) is 6.89. The summed E-state index contributed by atoms with van der Waals surface area (Å²) >= 11 is 0. The van der Waals surface area contributed by atoms with Crippen LogP contribution in [0.2, 0.25) is 0 Å². The van der Waals surface area contributed by atoms with Crippen molar-refractivity contribution in [3.8, 4) is 11.5 Å². The Labute approximate surface area is 174 Å². The minimum Gasteiger partial charge on any atom is -0.497 e. The number of benzene rings is 1. The molecule has 1 aliphatic rings. The minimum absolute atomic E-state index is 0.0673. The summed E-state index contributed by atoms with van der Waals surface area (Å²) in [6.45, 7) is 0. The molecule has 1 aromatic carbocycles. The molecule has 8 nitrogen and oxygen atoms in total. The van der Waals surface area contributed by atoms with Crippen LogP contribution in [0.25, 0.3) is 0 Å². The molecule has 0 bridgehead atoms. The van der Waals surface area contributed by atoms with Gasteiger partial charge in [-0.1, -0.05) is 0 Å². The summed E-state index contributed by atoms with van der Waals surface area (Å²) in [5.74, 6) is 0.583. The average molecular weight is 436 g/mol. The Morgan fingerprint density at radius 2 is 2.06 bits per heavy atom. The van der Waals surface area contributed by atoms with Gasteiger partial charge in [0.1, 0.15) is 23.1 Å². The molecule has 0 unspecified atom stereocenters. The number of rotatable bonds is 5. The molecule has 0 aliphatic carbocycles. The number of alkyl halides is 3. The summed E-state index contributed by atoms with van der Waals surface area (Å²) in [5.41, 5.74) is 0.119. The van der Waals surface area contributed by atoms with Gasteiger partial charge in [-0.3, -0.25) is 4.79 Å². The van der Waals surface area contributed by atoms with E-state index >= 15 is 0 Å².